The van der Waals surface area contributed by atoms with Crippen LogP contribution in [0.2, 0.25) is 5.02 Å². The van der Waals surface area contributed by atoms with Gasteiger partial charge >= 0.3 is 6.18 Å². The van der Waals surface area contributed by atoms with Gasteiger partial charge in [0.2, 0.25) is 0 Å². The van der Waals surface area contributed by atoms with Gasteiger partial charge in [-0.05, 0) is 37.3 Å². The summed E-state index contributed by atoms with van der Waals surface area (Å²) in [6, 6.07) is 8.37. The first kappa shape index (κ1) is 21.3. The van der Waals surface area contributed by atoms with Crippen LogP contribution < -0.4 is 11.3 Å². The minimum Gasteiger partial charge on any atom is -0.494 e. The largest absolute Gasteiger partial charge is 0.494 e. The summed E-state index contributed by atoms with van der Waals surface area (Å²) < 4.78 is 46.8. The molecule has 0 saturated carbocycles. The Kier molecular flexibility index (Phi) is 6.69. The molecule has 148 valence electrons. The van der Waals surface area contributed by atoms with Crippen molar-refractivity contribution in [1.82, 2.24) is 4.57 Å². The van der Waals surface area contributed by atoms with Crippen LogP contribution in [0.3, 0.4) is 0 Å². The number of hydrogen-bond donors (Lipinski definition) is 1. The lowest BCUT2D eigenvalue weighted by atomic mass is 10.1. The number of halogens is 4. The monoisotopic (exact) mass is 411 g/mol. The molecule has 0 aliphatic rings. The molecule has 0 bridgehead atoms. The molecule has 5 nitrogen and oxygen atoms in total. The zero-order chi connectivity index (χ0) is 20.9. The Labute approximate surface area is 164 Å². The van der Waals surface area contributed by atoms with Crippen molar-refractivity contribution in [3.8, 4) is 5.69 Å². The van der Waals surface area contributed by atoms with Gasteiger partial charge < -0.3 is 10.5 Å². The summed E-state index contributed by atoms with van der Waals surface area (Å²) in [6.45, 7) is 5.21. The Bertz CT molecular complexity index is 977. The highest BCUT2D eigenvalue weighted by atomic mass is 35.5. The van der Waals surface area contributed by atoms with E-state index in [1.807, 2.05) is 0 Å². The third-order valence-electron chi connectivity index (χ3n) is 3.56. The molecular formula is C19H17ClF3N3O2. The zero-order valence-electron chi connectivity index (χ0n) is 14.8. The lowest BCUT2D eigenvalue weighted by Gasteiger charge is -2.16. The molecule has 0 fully saturated rings. The summed E-state index contributed by atoms with van der Waals surface area (Å²) in [5.41, 5.74) is 3.76. The van der Waals surface area contributed by atoms with Crippen LogP contribution in [0.5, 0.6) is 0 Å². The number of aromatic nitrogens is 1. The topological polar surface area (TPSA) is 69.6 Å². The third-order valence-corrected chi connectivity index (χ3v) is 3.79. The van der Waals surface area contributed by atoms with Gasteiger partial charge in [-0.3, -0.25) is 9.36 Å². The Morgan fingerprint density at radius 1 is 1.32 bits per heavy atom. The number of rotatable bonds is 6. The van der Waals surface area contributed by atoms with E-state index in [1.165, 1.54) is 47.2 Å². The van der Waals surface area contributed by atoms with Crippen LogP contribution >= 0.6 is 11.6 Å². The van der Waals surface area contributed by atoms with E-state index in [-0.39, 0.29) is 28.6 Å². The first-order valence-corrected chi connectivity index (χ1v) is 8.44. The van der Waals surface area contributed by atoms with Crippen molar-refractivity contribution >= 4 is 23.0 Å². The summed E-state index contributed by atoms with van der Waals surface area (Å²) in [4.78, 5) is 15.6. The van der Waals surface area contributed by atoms with Crippen molar-refractivity contribution in [1.29, 1.82) is 0 Å². The van der Waals surface area contributed by atoms with E-state index in [1.54, 1.807) is 6.92 Å². The standard InChI is InChI=1S/C19H17ClF3N3O2/c1-3-28-12(2)16(11-24)18(19(21,22)23)25-14-4-6-15(7-5-14)26-9-8-13(20)10-17(26)27/h4-11H,2-3,24H2,1H3. The fourth-order valence-corrected chi connectivity index (χ4v) is 2.47. The average Bonchev–Trinajstić information content (AvgIpc) is 2.62. The van der Waals surface area contributed by atoms with Crippen molar-refractivity contribution in [2.24, 2.45) is 10.7 Å². The normalized spacial score (nSPS) is 12.8. The maximum atomic E-state index is 13.5. The number of benzene rings is 1. The van der Waals surface area contributed by atoms with E-state index >= 15 is 0 Å². The number of nitrogens with two attached hydrogens (primary N) is 1. The van der Waals surface area contributed by atoms with Gasteiger partial charge in [-0.25, -0.2) is 4.99 Å². The van der Waals surface area contributed by atoms with Crippen molar-refractivity contribution in [2.45, 2.75) is 13.1 Å². The molecule has 28 heavy (non-hydrogen) atoms. The molecule has 1 aromatic carbocycles. The fourth-order valence-electron chi connectivity index (χ4n) is 2.32. The lowest BCUT2D eigenvalue weighted by molar-refractivity contribution is -0.0583. The molecule has 9 heteroatoms. The van der Waals surface area contributed by atoms with E-state index in [4.69, 9.17) is 22.1 Å². The van der Waals surface area contributed by atoms with Gasteiger partial charge in [0.25, 0.3) is 5.56 Å². The van der Waals surface area contributed by atoms with E-state index in [2.05, 4.69) is 11.6 Å². The Balaban J connectivity index is 2.45. The number of alkyl halides is 3. The molecule has 0 amide bonds. The molecule has 0 radical (unpaired) electrons. The number of nitrogens with zero attached hydrogens (tertiary/aromatic N) is 2. The van der Waals surface area contributed by atoms with Crippen LogP contribution in [0.4, 0.5) is 18.9 Å². The molecule has 0 spiro atoms. The minimum atomic E-state index is -4.78. The maximum absolute atomic E-state index is 13.5. The molecular weight excluding hydrogens is 395 g/mol. The maximum Gasteiger partial charge on any atom is 0.434 e. The zero-order valence-corrected chi connectivity index (χ0v) is 15.6. The SMILES string of the molecule is C=C(OCC)C(=CN)C(=Nc1ccc(-n2ccc(Cl)cc2=O)cc1)C(F)(F)F. The molecule has 2 N–H and O–H groups in total. The number of aliphatic imine (C=N–C) groups is 1. The fraction of sp³-hybridized carbons (Fsp3) is 0.158. The first-order valence-electron chi connectivity index (χ1n) is 8.06. The van der Waals surface area contributed by atoms with Gasteiger partial charge in [0.05, 0.1) is 17.9 Å². The van der Waals surface area contributed by atoms with Crippen LogP contribution in [0.25, 0.3) is 5.69 Å². The molecule has 0 saturated heterocycles. The second-order valence-electron chi connectivity index (χ2n) is 5.46. The number of allylic oxidation sites excluding steroid dienone is 1. The van der Waals surface area contributed by atoms with Crippen LogP contribution in [0.1, 0.15) is 6.92 Å². The summed E-state index contributed by atoms with van der Waals surface area (Å²) in [5.74, 6) is -0.231. The smallest absolute Gasteiger partial charge is 0.434 e. The van der Waals surface area contributed by atoms with Crippen LogP contribution in [0.15, 0.2) is 76.5 Å². The molecule has 0 aliphatic heterocycles. The third kappa shape index (κ3) is 5.04. The van der Waals surface area contributed by atoms with E-state index in [0.29, 0.717) is 5.69 Å². The molecule has 1 heterocycles. The highest BCUT2D eigenvalue weighted by Crippen LogP contribution is 2.29. The lowest BCUT2D eigenvalue weighted by Crippen LogP contribution is -2.27. The van der Waals surface area contributed by atoms with Gasteiger partial charge in [-0.1, -0.05) is 18.2 Å². The molecule has 0 atom stereocenters. The average molecular weight is 412 g/mol. The highest BCUT2D eigenvalue weighted by Gasteiger charge is 2.39. The molecule has 1 aromatic heterocycles. The number of hydrogen-bond acceptors (Lipinski definition) is 4. The Morgan fingerprint density at radius 3 is 2.46 bits per heavy atom. The van der Waals surface area contributed by atoms with Gasteiger partial charge in [0, 0.05) is 29.2 Å². The molecule has 2 rings (SSSR count). The molecule has 0 aliphatic carbocycles. The predicted octanol–water partition coefficient (Wildman–Crippen LogP) is 4.52. The number of pyridine rings is 1. The first-order chi connectivity index (χ1) is 13.2. The summed E-state index contributed by atoms with van der Waals surface area (Å²) in [7, 11) is 0. The molecule has 0 unspecified atom stereocenters. The Morgan fingerprint density at radius 2 is 1.96 bits per heavy atom. The Hall–Kier alpha value is -3.00. The van der Waals surface area contributed by atoms with E-state index < -0.39 is 17.5 Å². The second kappa shape index (κ2) is 8.79. The van der Waals surface area contributed by atoms with Gasteiger partial charge in [-0.15, -0.1) is 0 Å². The predicted molar refractivity (Wildman–Crippen MR) is 103 cm³/mol. The number of ether oxygens (including phenoxy) is 1. The molecule has 2 aromatic rings. The van der Waals surface area contributed by atoms with Crippen molar-refractivity contribution in [3.05, 3.63) is 82.1 Å². The van der Waals surface area contributed by atoms with Gasteiger partial charge in [0.15, 0.2) is 5.71 Å². The van der Waals surface area contributed by atoms with Crippen molar-refractivity contribution < 1.29 is 17.9 Å². The van der Waals surface area contributed by atoms with E-state index in [9.17, 15) is 18.0 Å². The quantitative estimate of drug-likeness (QED) is 0.431. The van der Waals surface area contributed by atoms with Crippen LogP contribution in [-0.4, -0.2) is 23.1 Å². The second-order valence-corrected chi connectivity index (χ2v) is 5.90. The summed E-state index contributed by atoms with van der Waals surface area (Å²) >= 11 is 5.75. The van der Waals surface area contributed by atoms with Gasteiger partial charge in [-0.2, -0.15) is 13.2 Å². The van der Waals surface area contributed by atoms with Gasteiger partial charge in [0.1, 0.15) is 5.76 Å². The van der Waals surface area contributed by atoms with Crippen LogP contribution in [0, 0.1) is 0 Å². The van der Waals surface area contributed by atoms with Crippen molar-refractivity contribution in [2.75, 3.05) is 6.61 Å². The van der Waals surface area contributed by atoms with Crippen molar-refractivity contribution in [3.63, 3.8) is 0 Å². The summed E-state index contributed by atoms with van der Waals surface area (Å²) in [5, 5.41) is 0.285. The van der Waals surface area contributed by atoms with Crippen LogP contribution in [-0.2, 0) is 4.74 Å². The summed E-state index contributed by atoms with van der Waals surface area (Å²) in [6.07, 6.45) is -2.56. The minimum absolute atomic E-state index is 0.0155. The van der Waals surface area contributed by atoms with E-state index in [0.717, 1.165) is 6.20 Å². The highest BCUT2D eigenvalue weighted by molar-refractivity contribution is 6.30.